The third kappa shape index (κ3) is 1.55. The molecule has 4 nitrogen and oxygen atoms in total. The van der Waals surface area contributed by atoms with E-state index >= 15 is 0 Å². The largest absolute Gasteiger partial charge is 0.315 e. The molecule has 78 valence electrons. The summed E-state index contributed by atoms with van der Waals surface area (Å²) in [5.74, 6) is 0. The van der Waals surface area contributed by atoms with Crippen LogP contribution in [-0.4, -0.2) is 9.97 Å². The van der Waals surface area contributed by atoms with Crippen LogP contribution in [-0.2, 0) is 0 Å². The Kier molecular flexibility index (Phi) is 2.32. The first-order valence-electron chi connectivity index (χ1n) is 4.52. The molecule has 0 saturated carbocycles. The summed E-state index contributed by atoms with van der Waals surface area (Å²) in [6, 6.07) is 0. The lowest BCUT2D eigenvalue weighted by Crippen LogP contribution is -2.28. The minimum atomic E-state index is -0.606. The lowest BCUT2D eigenvalue weighted by molar-refractivity contribution is 1.16. The van der Waals surface area contributed by atoms with E-state index in [2.05, 4.69) is 9.97 Å². The van der Waals surface area contributed by atoms with Crippen LogP contribution in [0.2, 0.25) is 0 Å². The second kappa shape index (κ2) is 3.51. The fourth-order valence-corrected chi connectivity index (χ4v) is 2.46. The number of aromatic nitrogens is 2. The first kappa shape index (κ1) is 9.92. The van der Waals surface area contributed by atoms with E-state index in [1.165, 1.54) is 11.3 Å². The summed E-state index contributed by atoms with van der Waals surface area (Å²) in [5.41, 5.74) is 0.466. The Bertz CT molecular complexity index is 645. The molecule has 2 rings (SSSR count). The van der Waals surface area contributed by atoms with Crippen LogP contribution in [0.5, 0.6) is 0 Å². The molecule has 15 heavy (non-hydrogen) atoms. The molecule has 0 amide bonds. The summed E-state index contributed by atoms with van der Waals surface area (Å²) >= 11 is 1.46. The summed E-state index contributed by atoms with van der Waals surface area (Å²) < 4.78 is 0. The molecule has 0 atom stereocenters. The predicted octanol–water partition coefficient (Wildman–Crippen LogP) is 1.62. The van der Waals surface area contributed by atoms with Crippen LogP contribution in [0, 0.1) is 6.92 Å². The molecule has 0 bridgehead atoms. The van der Waals surface area contributed by atoms with E-state index in [-0.39, 0.29) is 0 Å². The fourth-order valence-electron chi connectivity index (χ4n) is 1.47. The molecule has 0 fully saturated rings. The highest BCUT2D eigenvalue weighted by Crippen LogP contribution is 2.27. The summed E-state index contributed by atoms with van der Waals surface area (Å²) in [5, 5.41) is 0. The summed E-state index contributed by atoms with van der Waals surface area (Å²) in [6.07, 6.45) is 3.82. The third-order valence-corrected chi connectivity index (χ3v) is 3.17. The quantitative estimate of drug-likeness (QED) is 0.720. The molecule has 5 heteroatoms. The second-order valence-electron chi connectivity index (χ2n) is 3.18. The van der Waals surface area contributed by atoms with Crippen molar-refractivity contribution in [3.8, 4) is 0 Å². The maximum absolute atomic E-state index is 11.2. The maximum Gasteiger partial charge on any atom is 0.314 e. The average Bonchev–Trinajstić information content (AvgIpc) is 2.46. The Morgan fingerprint density at radius 3 is 2.53 bits per heavy atom. The van der Waals surface area contributed by atoms with Crippen molar-refractivity contribution < 1.29 is 0 Å². The zero-order valence-corrected chi connectivity index (χ0v) is 9.20. The molecule has 0 unspecified atom stereocenters. The van der Waals surface area contributed by atoms with Gasteiger partial charge in [-0.05, 0) is 13.8 Å². The van der Waals surface area contributed by atoms with Gasteiger partial charge in [0, 0.05) is 10.4 Å². The van der Waals surface area contributed by atoms with Crippen LogP contribution in [0.25, 0.3) is 16.4 Å². The SMILES string of the molecule is CC=Cc1c(C)sc2[nH]c(=O)c(=O)[nH]c12. The average molecular weight is 222 g/mol. The lowest BCUT2D eigenvalue weighted by atomic mass is 10.2. The van der Waals surface area contributed by atoms with Crippen molar-refractivity contribution in [2.75, 3.05) is 0 Å². The maximum atomic E-state index is 11.2. The van der Waals surface area contributed by atoms with Crippen molar-refractivity contribution >= 4 is 27.8 Å². The summed E-state index contributed by atoms with van der Waals surface area (Å²) in [6.45, 7) is 3.86. The van der Waals surface area contributed by atoms with E-state index in [1.54, 1.807) is 0 Å². The standard InChI is InChI=1S/C10H10N2O2S/c1-3-4-6-5(2)15-10-7(6)11-8(13)9(14)12-10/h3-4H,1-2H3,(H,11,13)(H,12,14). The Morgan fingerprint density at radius 2 is 1.87 bits per heavy atom. The van der Waals surface area contributed by atoms with Crippen molar-refractivity contribution in [1.82, 2.24) is 9.97 Å². The third-order valence-electron chi connectivity index (χ3n) is 2.14. The molecule has 2 aromatic heterocycles. The minimum absolute atomic E-state index is 0.601. The van der Waals surface area contributed by atoms with Crippen molar-refractivity contribution in [3.63, 3.8) is 0 Å². The molecule has 0 radical (unpaired) electrons. The zero-order valence-electron chi connectivity index (χ0n) is 8.38. The lowest BCUT2D eigenvalue weighted by Gasteiger charge is -1.91. The van der Waals surface area contributed by atoms with Crippen molar-refractivity contribution in [2.24, 2.45) is 0 Å². The number of nitrogens with one attached hydrogen (secondary N) is 2. The normalized spacial score (nSPS) is 11.6. The van der Waals surface area contributed by atoms with Gasteiger partial charge < -0.3 is 9.97 Å². The number of thiophene rings is 1. The molecule has 2 aromatic rings. The van der Waals surface area contributed by atoms with Gasteiger partial charge in [-0.3, -0.25) is 9.59 Å². The van der Waals surface area contributed by atoms with Crippen LogP contribution in [0.3, 0.4) is 0 Å². The van der Waals surface area contributed by atoms with Gasteiger partial charge in [0.25, 0.3) is 0 Å². The number of hydrogen-bond acceptors (Lipinski definition) is 3. The predicted molar refractivity (Wildman–Crippen MR) is 62.5 cm³/mol. The molecule has 0 aromatic carbocycles. The van der Waals surface area contributed by atoms with Gasteiger partial charge in [0.05, 0.1) is 5.52 Å². The van der Waals surface area contributed by atoms with Crippen molar-refractivity contribution in [1.29, 1.82) is 0 Å². The van der Waals surface area contributed by atoms with Gasteiger partial charge in [-0.25, -0.2) is 0 Å². The highest BCUT2D eigenvalue weighted by Gasteiger charge is 2.08. The molecule has 0 saturated heterocycles. The molecular weight excluding hydrogens is 212 g/mol. The van der Waals surface area contributed by atoms with Gasteiger partial charge in [-0.2, -0.15) is 0 Å². The van der Waals surface area contributed by atoms with Crippen LogP contribution < -0.4 is 11.1 Å². The van der Waals surface area contributed by atoms with E-state index < -0.39 is 11.1 Å². The smallest absolute Gasteiger partial charge is 0.314 e. The van der Waals surface area contributed by atoms with E-state index in [4.69, 9.17) is 0 Å². The number of allylic oxidation sites excluding steroid dienone is 1. The molecule has 0 aliphatic carbocycles. The number of H-pyrrole nitrogens is 2. The van der Waals surface area contributed by atoms with Crippen molar-refractivity contribution in [3.05, 3.63) is 37.2 Å². The number of fused-ring (bicyclic) bond motifs is 1. The fraction of sp³-hybridized carbons (Fsp3) is 0.200. The Labute approximate surface area is 89.3 Å². The van der Waals surface area contributed by atoms with E-state index in [9.17, 15) is 9.59 Å². The van der Waals surface area contributed by atoms with E-state index in [0.29, 0.717) is 10.3 Å². The number of aromatic amines is 2. The van der Waals surface area contributed by atoms with Crippen LogP contribution in [0.4, 0.5) is 0 Å². The van der Waals surface area contributed by atoms with Crippen LogP contribution in [0.15, 0.2) is 15.7 Å². The first-order valence-corrected chi connectivity index (χ1v) is 5.33. The highest BCUT2D eigenvalue weighted by molar-refractivity contribution is 7.18. The number of rotatable bonds is 1. The van der Waals surface area contributed by atoms with Crippen LogP contribution in [0.1, 0.15) is 17.4 Å². The number of aryl methyl sites for hydroxylation is 1. The van der Waals surface area contributed by atoms with Crippen LogP contribution >= 0.6 is 11.3 Å². The molecule has 0 spiro atoms. The van der Waals surface area contributed by atoms with Gasteiger partial charge in [-0.15, -0.1) is 11.3 Å². The van der Waals surface area contributed by atoms with Gasteiger partial charge in [-0.1, -0.05) is 12.2 Å². The molecule has 0 aliphatic heterocycles. The van der Waals surface area contributed by atoms with Gasteiger partial charge >= 0.3 is 11.1 Å². The molecule has 2 heterocycles. The topological polar surface area (TPSA) is 65.7 Å². The van der Waals surface area contributed by atoms with E-state index in [1.807, 2.05) is 26.0 Å². The van der Waals surface area contributed by atoms with E-state index in [0.717, 1.165) is 10.4 Å². The monoisotopic (exact) mass is 222 g/mol. The second-order valence-corrected chi connectivity index (χ2v) is 4.41. The Balaban J connectivity index is 2.93. The zero-order chi connectivity index (χ0) is 11.0. The number of hydrogen-bond donors (Lipinski definition) is 2. The van der Waals surface area contributed by atoms with Crippen molar-refractivity contribution in [2.45, 2.75) is 13.8 Å². The Hall–Kier alpha value is -1.62. The Morgan fingerprint density at radius 1 is 1.20 bits per heavy atom. The molecule has 0 aliphatic rings. The van der Waals surface area contributed by atoms with Gasteiger partial charge in [0.1, 0.15) is 4.83 Å². The summed E-state index contributed by atoms with van der Waals surface area (Å²) in [7, 11) is 0. The highest BCUT2D eigenvalue weighted by atomic mass is 32.1. The van der Waals surface area contributed by atoms with Gasteiger partial charge in [0.2, 0.25) is 0 Å². The van der Waals surface area contributed by atoms with Gasteiger partial charge in [0.15, 0.2) is 0 Å². The molecular formula is C10H10N2O2S. The summed E-state index contributed by atoms with van der Waals surface area (Å²) in [4.78, 5) is 29.2. The first-order chi connectivity index (χ1) is 7.13. The molecule has 2 N–H and O–H groups in total. The minimum Gasteiger partial charge on any atom is -0.315 e.